The van der Waals surface area contributed by atoms with Gasteiger partial charge in [-0.2, -0.15) is 4.99 Å². The zero-order valence-corrected chi connectivity index (χ0v) is 12.1. The van der Waals surface area contributed by atoms with Crippen molar-refractivity contribution in [2.24, 2.45) is 4.99 Å². The van der Waals surface area contributed by atoms with Crippen LogP contribution in [0.15, 0.2) is 29.3 Å². The second kappa shape index (κ2) is 6.93. The quantitative estimate of drug-likeness (QED) is 0.461. The molecule has 1 unspecified atom stereocenters. The number of aliphatic imine (C=N–C) groups is 1. The van der Waals surface area contributed by atoms with Gasteiger partial charge in [0, 0.05) is 7.05 Å². The highest BCUT2D eigenvalue weighted by Crippen LogP contribution is 2.21. The molecule has 122 valence electrons. The Morgan fingerprint density at radius 2 is 1.91 bits per heavy atom. The molecule has 0 aliphatic carbocycles. The Balaban J connectivity index is 2.07. The molecule has 0 radical (unpaired) electrons. The standard InChI is InChI=1S/C14H20N2O6/c1-16-6-11(13(21)12(20)10(19)7-17)22-14(16)15-8-2-4-9(18)5-3-8/h2-5,10-13,17-21H,6-7H2,1H3/t10-,11?,12+,13-/m1/s1. The Bertz CT molecular complexity index is 521. The molecule has 2 rings (SSSR count). The third-order valence-electron chi connectivity index (χ3n) is 3.42. The maximum atomic E-state index is 10.00. The third-order valence-corrected chi connectivity index (χ3v) is 3.42. The zero-order chi connectivity index (χ0) is 16.3. The van der Waals surface area contributed by atoms with Crippen molar-refractivity contribution in [3.63, 3.8) is 0 Å². The molecular formula is C14H20N2O6. The van der Waals surface area contributed by atoms with E-state index in [1.165, 1.54) is 12.1 Å². The molecule has 1 aromatic carbocycles. The van der Waals surface area contributed by atoms with Crippen LogP contribution < -0.4 is 0 Å². The average molecular weight is 312 g/mol. The number of amidine groups is 1. The van der Waals surface area contributed by atoms with Gasteiger partial charge in [0.2, 0.25) is 0 Å². The van der Waals surface area contributed by atoms with Gasteiger partial charge in [0.05, 0.1) is 18.8 Å². The minimum atomic E-state index is -1.52. The number of aliphatic hydroxyl groups excluding tert-OH is 4. The summed E-state index contributed by atoms with van der Waals surface area (Å²) in [6.07, 6.45) is -5.10. The summed E-state index contributed by atoms with van der Waals surface area (Å²) in [4.78, 5) is 5.89. The lowest BCUT2D eigenvalue weighted by atomic mass is 10.0. The fourth-order valence-corrected chi connectivity index (χ4v) is 2.09. The number of rotatable bonds is 5. The Morgan fingerprint density at radius 1 is 1.27 bits per heavy atom. The summed E-state index contributed by atoms with van der Waals surface area (Å²) >= 11 is 0. The van der Waals surface area contributed by atoms with Gasteiger partial charge in [0.15, 0.2) is 0 Å². The Hall–Kier alpha value is -1.87. The van der Waals surface area contributed by atoms with E-state index in [9.17, 15) is 20.4 Å². The second-order valence-electron chi connectivity index (χ2n) is 5.18. The van der Waals surface area contributed by atoms with Crippen LogP contribution in [0.1, 0.15) is 0 Å². The van der Waals surface area contributed by atoms with Gasteiger partial charge in [-0.05, 0) is 24.3 Å². The summed E-state index contributed by atoms with van der Waals surface area (Å²) in [6.45, 7) is -0.386. The summed E-state index contributed by atoms with van der Waals surface area (Å²) in [7, 11) is 1.71. The highest BCUT2D eigenvalue weighted by molar-refractivity contribution is 5.78. The molecule has 4 atom stereocenters. The Kier molecular flexibility index (Phi) is 5.19. The molecule has 1 aliphatic heterocycles. The minimum absolute atomic E-state index is 0.124. The first-order chi connectivity index (χ1) is 10.4. The van der Waals surface area contributed by atoms with Gasteiger partial charge in [-0.1, -0.05) is 0 Å². The number of benzene rings is 1. The fourth-order valence-electron chi connectivity index (χ4n) is 2.09. The molecule has 0 bridgehead atoms. The summed E-state index contributed by atoms with van der Waals surface area (Å²) in [5.41, 5.74) is 0.561. The monoisotopic (exact) mass is 312 g/mol. The lowest BCUT2D eigenvalue weighted by Gasteiger charge is -2.24. The molecule has 1 aliphatic rings. The van der Waals surface area contributed by atoms with Crippen molar-refractivity contribution in [2.45, 2.75) is 24.4 Å². The molecule has 8 heteroatoms. The van der Waals surface area contributed by atoms with Crippen LogP contribution in [-0.2, 0) is 4.74 Å². The van der Waals surface area contributed by atoms with E-state index in [1.54, 1.807) is 24.1 Å². The van der Waals surface area contributed by atoms with Gasteiger partial charge in [0.25, 0.3) is 6.02 Å². The summed E-state index contributed by atoms with van der Waals surface area (Å²) in [6, 6.07) is 6.44. The van der Waals surface area contributed by atoms with Crippen LogP contribution in [0.3, 0.4) is 0 Å². The van der Waals surface area contributed by atoms with E-state index in [0.717, 1.165) is 0 Å². The SMILES string of the molecule is CN1CC([C@@H](O)[C@@H](O)[C@H](O)CO)OC1=Nc1ccc(O)cc1. The molecule has 1 saturated heterocycles. The molecule has 0 spiro atoms. The smallest absolute Gasteiger partial charge is 0.292 e. The molecule has 1 aromatic rings. The molecular weight excluding hydrogens is 292 g/mol. The molecule has 0 aromatic heterocycles. The van der Waals surface area contributed by atoms with E-state index in [2.05, 4.69) is 4.99 Å². The summed E-state index contributed by atoms with van der Waals surface area (Å²) < 4.78 is 5.50. The number of phenolic OH excluding ortho intramolecular Hbond substituents is 1. The van der Waals surface area contributed by atoms with Gasteiger partial charge in [0.1, 0.15) is 30.2 Å². The number of aliphatic hydroxyl groups is 4. The van der Waals surface area contributed by atoms with E-state index >= 15 is 0 Å². The predicted molar refractivity (Wildman–Crippen MR) is 77.8 cm³/mol. The van der Waals surface area contributed by atoms with Gasteiger partial charge in [-0.25, -0.2) is 0 Å². The molecule has 0 saturated carbocycles. The van der Waals surface area contributed by atoms with Crippen LogP contribution in [0.5, 0.6) is 5.75 Å². The number of likely N-dealkylation sites (N-methyl/N-ethyl adjacent to an activating group) is 1. The fraction of sp³-hybridized carbons (Fsp3) is 0.500. The first-order valence-corrected chi connectivity index (χ1v) is 6.83. The maximum absolute atomic E-state index is 10.00. The van der Waals surface area contributed by atoms with Crippen molar-refractivity contribution in [3.05, 3.63) is 24.3 Å². The van der Waals surface area contributed by atoms with E-state index in [-0.39, 0.29) is 18.3 Å². The van der Waals surface area contributed by atoms with Gasteiger partial charge < -0.3 is 35.2 Å². The molecule has 0 amide bonds. The van der Waals surface area contributed by atoms with Gasteiger partial charge in [-0.15, -0.1) is 0 Å². The lowest BCUT2D eigenvalue weighted by molar-refractivity contribution is -0.106. The van der Waals surface area contributed by atoms with Crippen LogP contribution in [0.25, 0.3) is 0 Å². The molecule has 1 fully saturated rings. The lowest BCUT2D eigenvalue weighted by Crippen LogP contribution is -2.47. The van der Waals surface area contributed by atoms with Crippen molar-refractivity contribution in [1.82, 2.24) is 4.90 Å². The van der Waals surface area contributed by atoms with Gasteiger partial charge >= 0.3 is 0 Å². The maximum Gasteiger partial charge on any atom is 0.292 e. The van der Waals surface area contributed by atoms with E-state index in [0.29, 0.717) is 5.69 Å². The normalized spacial score (nSPS) is 24.1. The zero-order valence-electron chi connectivity index (χ0n) is 12.1. The van der Waals surface area contributed by atoms with Crippen molar-refractivity contribution in [1.29, 1.82) is 0 Å². The third kappa shape index (κ3) is 3.66. The Labute approximate surface area is 127 Å². The first kappa shape index (κ1) is 16.5. The summed E-state index contributed by atoms with van der Waals surface area (Å²) in [5.74, 6) is 0.124. The molecule has 8 nitrogen and oxygen atoms in total. The average Bonchev–Trinajstić information content (AvgIpc) is 2.88. The number of hydrogen-bond donors (Lipinski definition) is 5. The second-order valence-corrected chi connectivity index (χ2v) is 5.18. The van der Waals surface area contributed by atoms with Crippen molar-refractivity contribution < 1.29 is 30.3 Å². The number of phenols is 1. The highest BCUT2D eigenvalue weighted by Gasteiger charge is 2.38. The predicted octanol–water partition coefficient (Wildman–Crippen LogP) is -1.21. The van der Waals surface area contributed by atoms with E-state index < -0.39 is 31.0 Å². The number of aromatic hydroxyl groups is 1. The van der Waals surface area contributed by atoms with Crippen LogP contribution in [-0.4, -0.2) is 81.1 Å². The minimum Gasteiger partial charge on any atom is -0.508 e. The topological polar surface area (TPSA) is 126 Å². The van der Waals surface area contributed by atoms with Crippen molar-refractivity contribution in [3.8, 4) is 5.75 Å². The van der Waals surface area contributed by atoms with Crippen LogP contribution in [0.2, 0.25) is 0 Å². The Morgan fingerprint density at radius 3 is 2.50 bits per heavy atom. The number of nitrogens with zero attached hydrogens (tertiary/aromatic N) is 2. The highest BCUT2D eigenvalue weighted by atomic mass is 16.5. The number of hydrogen-bond acceptors (Lipinski definition) is 7. The molecule has 22 heavy (non-hydrogen) atoms. The largest absolute Gasteiger partial charge is 0.508 e. The van der Waals surface area contributed by atoms with Crippen LogP contribution in [0.4, 0.5) is 5.69 Å². The molecule has 1 heterocycles. The van der Waals surface area contributed by atoms with E-state index in [1.807, 2.05) is 0 Å². The van der Waals surface area contributed by atoms with Crippen molar-refractivity contribution in [2.75, 3.05) is 20.2 Å². The van der Waals surface area contributed by atoms with Crippen LogP contribution >= 0.6 is 0 Å². The van der Waals surface area contributed by atoms with Crippen LogP contribution in [0, 0.1) is 0 Å². The van der Waals surface area contributed by atoms with E-state index in [4.69, 9.17) is 9.84 Å². The first-order valence-electron chi connectivity index (χ1n) is 6.83. The number of ether oxygens (including phenoxy) is 1. The van der Waals surface area contributed by atoms with Crippen molar-refractivity contribution >= 4 is 11.7 Å². The van der Waals surface area contributed by atoms with Gasteiger partial charge in [-0.3, -0.25) is 0 Å². The summed E-state index contributed by atoms with van der Waals surface area (Å²) in [5, 5.41) is 47.1. The molecule has 5 N–H and O–H groups in total.